The van der Waals surface area contributed by atoms with Gasteiger partial charge in [0.25, 0.3) is 0 Å². The second kappa shape index (κ2) is 4.88. The van der Waals surface area contributed by atoms with Crippen LogP contribution in [0, 0.1) is 11.7 Å². The molecule has 1 aliphatic rings. The van der Waals surface area contributed by atoms with Crippen LogP contribution in [0.1, 0.15) is 30.4 Å². The molecule has 100 valence electrons. The number of nitrogens with one attached hydrogen (secondary N) is 1. The topological polar surface area (TPSA) is 12.0 Å². The molecule has 2 rings (SSSR count). The summed E-state index contributed by atoms with van der Waals surface area (Å²) in [4.78, 5) is 0. The van der Waals surface area contributed by atoms with Crippen molar-refractivity contribution in [3.8, 4) is 0 Å². The summed E-state index contributed by atoms with van der Waals surface area (Å²) in [5.41, 5.74) is -0.526. The number of hydrogen-bond acceptors (Lipinski definition) is 1. The molecule has 1 aliphatic heterocycles. The summed E-state index contributed by atoms with van der Waals surface area (Å²) in [5, 5.41) is 3.19. The van der Waals surface area contributed by atoms with E-state index in [9.17, 15) is 17.6 Å². The Labute approximate surface area is 103 Å². The normalized spacial score (nSPS) is 25.2. The Kier molecular flexibility index (Phi) is 3.61. The van der Waals surface area contributed by atoms with E-state index in [4.69, 9.17) is 0 Å². The third-order valence-electron chi connectivity index (χ3n) is 3.51. The Morgan fingerprint density at radius 2 is 2.00 bits per heavy atom. The average molecular weight is 261 g/mol. The highest BCUT2D eigenvalue weighted by Crippen LogP contribution is 2.35. The lowest BCUT2D eigenvalue weighted by Gasteiger charge is -2.30. The lowest BCUT2D eigenvalue weighted by Crippen LogP contribution is -2.34. The molecule has 1 fully saturated rings. The molecule has 1 saturated heterocycles. The van der Waals surface area contributed by atoms with Crippen molar-refractivity contribution in [3.63, 3.8) is 0 Å². The predicted molar refractivity (Wildman–Crippen MR) is 60.8 cm³/mol. The van der Waals surface area contributed by atoms with Gasteiger partial charge in [0, 0.05) is 0 Å². The van der Waals surface area contributed by atoms with E-state index in [0.29, 0.717) is 11.6 Å². The van der Waals surface area contributed by atoms with E-state index in [1.807, 2.05) is 6.92 Å². The molecule has 1 nitrogen and oxygen atoms in total. The van der Waals surface area contributed by atoms with Gasteiger partial charge in [0.05, 0.1) is 5.56 Å². The number of alkyl halides is 3. The molecule has 2 unspecified atom stereocenters. The van der Waals surface area contributed by atoms with E-state index in [1.165, 1.54) is 6.07 Å². The number of hydrogen-bond donors (Lipinski definition) is 1. The van der Waals surface area contributed by atoms with Gasteiger partial charge in [-0.2, -0.15) is 13.2 Å². The van der Waals surface area contributed by atoms with Crippen LogP contribution in [0.25, 0.3) is 0 Å². The first kappa shape index (κ1) is 13.3. The molecule has 0 amide bonds. The zero-order valence-corrected chi connectivity index (χ0v) is 10.0. The van der Waals surface area contributed by atoms with E-state index in [2.05, 4.69) is 5.32 Å². The SMILES string of the molecule is CC1CNCCC1c1ccc(C(F)(F)F)cc1F. The fourth-order valence-corrected chi connectivity index (χ4v) is 2.48. The van der Waals surface area contributed by atoms with Gasteiger partial charge in [-0.25, -0.2) is 4.39 Å². The average Bonchev–Trinajstić information content (AvgIpc) is 2.29. The van der Waals surface area contributed by atoms with Gasteiger partial charge in [-0.1, -0.05) is 13.0 Å². The number of rotatable bonds is 1. The molecular formula is C13H15F4N. The van der Waals surface area contributed by atoms with Crippen molar-refractivity contribution in [2.75, 3.05) is 13.1 Å². The highest BCUT2D eigenvalue weighted by atomic mass is 19.4. The zero-order valence-electron chi connectivity index (χ0n) is 10.0. The lowest BCUT2D eigenvalue weighted by atomic mass is 9.82. The largest absolute Gasteiger partial charge is 0.416 e. The van der Waals surface area contributed by atoms with Gasteiger partial charge in [0.1, 0.15) is 5.82 Å². The van der Waals surface area contributed by atoms with Gasteiger partial charge in [-0.3, -0.25) is 0 Å². The van der Waals surface area contributed by atoms with E-state index in [0.717, 1.165) is 25.6 Å². The quantitative estimate of drug-likeness (QED) is 0.762. The number of piperidine rings is 1. The van der Waals surface area contributed by atoms with Gasteiger partial charge in [0.2, 0.25) is 0 Å². The predicted octanol–water partition coefficient (Wildman–Crippen LogP) is 3.56. The third-order valence-corrected chi connectivity index (χ3v) is 3.51. The maximum atomic E-state index is 13.8. The lowest BCUT2D eigenvalue weighted by molar-refractivity contribution is -0.137. The highest BCUT2D eigenvalue weighted by Gasteiger charge is 2.32. The Morgan fingerprint density at radius 1 is 1.28 bits per heavy atom. The van der Waals surface area contributed by atoms with Crippen molar-refractivity contribution in [1.29, 1.82) is 0 Å². The molecule has 0 bridgehead atoms. The Bertz CT molecular complexity index is 427. The zero-order chi connectivity index (χ0) is 13.3. The molecule has 0 saturated carbocycles. The van der Waals surface area contributed by atoms with Crippen molar-refractivity contribution in [2.24, 2.45) is 5.92 Å². The van der Waals surface area contributed by atoms with Crippen LogP contribution in [0.3, 0.4) is 0 Å². The molecule has 0 spiro atoms. The van der Waals surface area contributed by atoms with Crippen LogP contribution < -0.4 is 5.32 Å². The van der Waals surface area contributed by atoms with Gasteiger partial charge in [-0.15, -0.1) is 0 Å². The van der Waals surface area contributed by atoms with Crippen LogP contribution >= 0.6 is 0 Å². The number of benzene rings is 1. The van der Waals surface area contributed by atoms with Crippen LogP contribution in [0.2, 0.25) is 0 Å². The van der Waals surface area contributed by atoms with Crippen LogP contribution in [0.15, 0.2) is 18.2 Å². The van der Waals surface area contributed by atoms with Crippen LogP contribution in [-0.2, 0) is 6.18 Å². The maximum Gasteiger partial charge on any atom is 0.416 e. The van der Waals surface area contributed by atoms with E-state index in [1.54, 1.807) is 0 Å². The summed E-state index contributed by atoms with van der Waals surface area (Å²) < 4.78 is 51.1. The minimum atomic E-state index is -4.49. The first-order chi connectivity index (χ1) is 8.39. The van der Waals surface area contributed by atoms with Gasteiger partial charge < -0.3 is 5.32 Å². The molecule has 1 N–H and O–H groups in total. The standard InChI is InChI=1S/C13H15F4N/c1-8-7-18-5-4-10(8)11-3-2-9(6-12(11)14)13(15,16)17/h2-3,6,8,10,18H,4-5,7H2,1H3. The molecule has 0 aromatic heterocycles. The maximum absolute atomic E-state index is 13.8. The van der Waals surface area contributed by atoms with Crippen molar-refractivity contribution in [3.05, 3.63) is 35.1 Å². The van der Waals surface area contributed by atoms with Crippen LogP contribution in [0.5, 0.6) is 0 Å². The minimum Gasteiger partial charge on any atom is -0.316 e. The minimum absolute atomic E-state index is 0.00599. The van der Waals surface area contributed by atoms with Gasteiger partial charge >= 0.3 is 6.18 Å². The van der Waals surface area contributed by atoms with Gasteiger partial charge in [-0.05, 0) is 49.0 Å². The van der Waals surface area contributed by atoms with Crippen molar-refractivity contribution >= 4 is 0 Å². The molecule has 1 aromatic carbocycles. The van der Waals surface area contributed by atoms with Crippen LogP contribution in [0.4, 0.5) is 17.6 Å². The first-order valence-electron chi connectivity index (χ1n) is 5.97. The summed E-state index contributed by atoms with van der Waals surface area (Å²) in [5.74, 6) is -0.526. The van der Waals surface area contributed by atoms with Gasteiger partial charge in [0.15, 0.2) is 0 Å². The van der Waals surface area contributed by atoms with E-state index in [-0.39, 0.29) is 11.8 Å². The summed E-state index contributed by atoms with van der Waals surface area (Å²) in [6.07, 6.45) is -3.73. The number of halogens is 4. The Balaban J connectivity index is 2.29. The summed E-state index contributed by atoms with van der Waals surface area (Å²) in [6.45, 7) is 3.52. The molecule has 0 aliphatic carbocycles. The fourth-order valence-electron chi connectivity index (χ4n) is 2.48. The molecular weight excluding hydrogens is 246 g/mol. The fraction of sp³-hybridized carbons (Fsp3) is 0.538. The van der Waals surface area contributed by atoms with E-state index < -0.39 is 17.6 Å². The monoisotopic (exact) mass is 261 g/mol. The van der Waals surface area contributed by atoms with Crippen molar-refractivity contribution in [2.45, 2.75) is 25.4 Å². The molecule has 2 atom stereocenters. The van der Waals surface area contributed by atoms with E-state index >= 15 is 0 Å². The summed E-state index contributed by atoms with van der Waals surface area (Å²) in [7, 11) is 0. The van der Waals surface area contributed by atoms with Crippen molar-refractivity contribution in [1.82, 2.24) is 5.32 Å². The summed E-state index contributed by atoms with van der Waals surface area (Å²) >= 11 is 0. The van der Waals surface area contributed by atoms with Crippen molar-refractivity contribution < 1.29 is 17.6 Å². The third kappa shape index (κ3) is 2.66. The Hall–Kier alpha value is -1.10. The second-order valence-corrected chi connectivity index (χ2v) is 4.81. The molecule has 18 heavy (non-hydrogen) atoms. The molecule has 1 aromatic rings. The first-order valence-corrected chi connectivity index (χ1v) is 5.97. The molecule has 5 heteroatoms. The summed E-state index contributed by atoms with van der Waals surface area (Å²) in [6, 6.07) is 2.85. The molecule has 1 heterocycles. The molecule has 0 radical (unpaired) electrons. The Morgan fingerprint density at radius 3 is 2.56 bits per heavy atom. The van der Waals surface area contributed by atoms with Crippen LogP contribution in [-0.4, -0.2) is 13.1 Å². The highest BCUT2D eigenvalue weighted by molar-refractivity contribution is 5.29. The second-order valence-electron chi connectivity index (χ2n) is 4.81. The smallest absolute Gasteiger partial charge is 0.316 e.